The molecule has 2 rings (SSSR count). The minimum absolute atomic E-state index is 0.0949. The van der Waals surface area contributed by atoms with Crippen LogP contribution in [0.1, 0.15) is 66.7 Å². The zero-order valence-corrected chi connectivity index (χ0v) is 21.3. The van der Waals surface area contributed by atoms with Gasteiger partial charge < -0.3 is 25.2 Å². The first-order valence-corrected chi connectivity index (χ1v) is 11.9. The number of amides is 2. The van der Waals surface area contributed by atoms with Gasteiger partial charge >= 0.3 is 12.1 Å². The van der Waals surface area contributed by atoms with E-state index in [1.807, 2.05) is 6.92 Å². The Morgan fingerprint density at radius 1 is 1.32 bits per heavy atom. The Hall–Kier alpha value is -2.69. The fourth-order valence-corrected chi connectivity index (χ4v) is 4.40. The molecule has 0 aliphatic heterocycles. The second-order valence-corrected chi connectivity index (χ2v) is 10.4. The van der Waals surface area contributed by atoms with Crippen LogP contribution in [0.3, 0.4) is 0 Å². The Kier molecular flexibility index (Phi) is 9.43. The molecule has 1 fully saturated rings. The number of rotatable bonds is 9. The van der Waals surface area contributed by atoms with Crippen LogP contribution in [0.2, 0.25) is 0 Å². The van der Waals surface area contributed by atoms with Crippen LogP contribution in [-0.4, -0.2) is 62.1 Å². The average molecular weight is 497 g/mol. The molecule has 3 N–H and O–H groups in total. The van der Waals surface area contributed by atoms with Crippen molar-refractivity contribution in [2.45, 2.75) is 84.5 Å². The lowest BCUT2D eigenvalue weighted by molar-refractivity contribution is -0.154. The summed E-state index contributed by atoms with van der Waals surface area (Å²) in [5.74, 6) is -0.904. The number of hydrogen-bond acceptors (Lipinski definition) is 7. The summed E-state index contributed by atoms with van der Waals surface area (Å²) in [5, 5.41) is 16.0. The quantitative estimate of drug-likeness (QED) is 0.445. The maximum absolute atomic E-state index is 12.6. The van der Waals surface area contributed by atoms with Gasteiger partial charge in [-0.05, 0) is 64.6 Å². The number of carboxylic acids is 1. The van der Waals surface area contributed by atoms with Crippen molar-refractivity contribution in [3.63, 3.8) is 0 Å². The molecule has 2 amide bonds. The summed E-state index contributed by atoms with van der Waals surface area (Å²) in [5.41, 5.74) is -1.92. The molecule has 1 heterocycles. The normalized spacial score (nSPS) is 23.1. The molecule has 10 nitrogen and oxygen atoms in total. The van der Waals surface area contributed by atoms with Crippen LogP contribution in [0, 0.1) is 11.3 Å². The molecule has 1 aromatic rings. The number of carbonyl (C=O) groups is 3. The molecule has 34 heavy (non-hydrogen) atoms. The number of aliphatic carboxylic acids is 1. The van der Waals surface area contributed by atoms with Gasteiger partial charge in [-0.3, -0.25) is 14.2 Å². The van der Waals surface area contributed by atoms with Gasteiger partial charge in [-0.15, -0.1) is 0 Å². The molecule has 190 valence electrons. The summed E-state index contributed by atoms with van der Waals surface area (Å²) in [7, 11) is 0. The molecule has 11 heteroatoms. The molecule has 0 radical (unpaired) electrons. The zero-order chi connectivity index (χ0) is 25.5. The van der Waals surface area contributed by atoms with Gasteiger partial charge in [0, 0.05) is 38.3 Å². The van der Waals surface area contributed by atoms with Gasteiger partial charge in [-0.2, -0.15) is 0 Å². The maximum Gasteiger partial charge on any atom is 0.407 e. The van der Waals surface area contributed by atoms with Crippen molar-refractivity contribution >= 4 is 35.4 Å². The molecular weight excluding hydrogens is 460 g/mol. The van der Waals surface area contributed by atoms with Crippen LogP contribution >= 0.6 is 12.2 Å². The van der Waals surface area contributed by atoms with Crippen LogP contribution < -0.4 is 10.6 Å². The lowest BCUT2D eigenvalue weighted by Gasteiger charge is -2.32. The van der Waals surface area contributed by atoms with Crippen molar-refractivity contribution in [2.24, 2.45) is 11.3 Å². The first-order chi connectivity index (χ1) is 15.8. The van der Waals surface area contributed by atoms with E-state index in [1.165, 1.54) is 17.8 Å². The number of ether oxygens (including phenoxy) is 2. The summed E-state index contributed by atoms with van der Waals surface area (Å²) in [6.45, 7) is 9.31. The molecular formula is C23H36N4O6S. The predicted octanol–water partition coefficient (Wildman–Crippen LogP) is 3.10. The summed E-state index contributed by atoms with van der Waals surface area (Å²) in [6, 6.07) is -0.448. The highest BCUT2D eigenvalue weighted by Crippen LogP contribution is 2.45. The second-order valence-electron chi connectivity index (χ2n) is 10.0. The molecule has 4 atom stereocenters. The van der Waals surface area contributed by atoms with Crippen LogP contribution in [-0.2, 0) is 19.1 Å². The highest BCUT2D eigenvalue weighted by molar-refractivity contribution is 7.80. The molecule has 0 bridgehead atoms. The number of nitrogens with zero attached hydrogens (tertiary/aromatic N) is 2. The van der Waals surface area contributed by atoms with Crippen molar-refractivity contribution < 1.29 is 29.0 Å². The number of imidazole rings is 1. The summed E-state index contributed by atoms with van der Waals surface area (Å²) >= 11 is 5.37. The first-order valence-electron chi connectivity index (χ1n) is 11.5. The standard InChI is InChI=1S/C23H36N4O6S/c1-15(7-9-25-16(2)28)6-8-23(19(29)30)13-17(26-20(31)33-22(3,4)5)12-18(23)32-21(34)27-11-10-24-14-27/h10-11,14-15,17-18H,6-9,12-13H2,1-5H3,(H,25,28)(H,26,31)(H,29,30). The van der Waals surface area contributed by atoms with Gasteiger partial charge in [0.15, 0.2) is 0 Å². The molecule has 1 aliphatic carbocycles. The predicted molar refractivity (Wildman–Crippen MR) is 129 cm³/mol. The fraction of sp³-hybridized carbons (Fsp3) is 0.696. The van der Waals surface area contributed by atoms with Gasteiger partial charge in [0.2, 0.25) is 5.91 Å². The Bertz CT molecular complexity index is 869. The zero-order valence-electron chi connectivity index (χ0n) is 20.5. The third kappa shape index (κ3) is 7.96. The van der Waals surface area contributed by atoms with E-state index >= 15 is 0 Å². The van der Waals surface area contributed by atoms with E-state index in [2.05, 4.69) is 15.6 Å². The number of thiocarbonyl (C=S) groups is 1. The number of carboxylic acid groups (broad SMARTS) is 1. The lowest BCUT2D eigenvalue weighted by Crippen LogP contribution is -2.42. The minimum Gasteiger partial charge on any atom is -0.481 e. The second kappa shape index (κ2) is 11.6. The van der Waals surface area contributed by atoms with Gasteiger partial charge in [0.1, 0.15) is 23.4 Å². The van der Waals surface area contributed by atoms with E-state index in [9.17, 15) is 19.5 Å². The van der Waals surface area contributed by atoms with Crippen LogP contribution in [0.15, 0.2) is 18.7 Å². The number of alkyl carbamates (subject to hydrolysis) is 1. The first kappa shape index (κ1) is 27.6. The highest BCUT2D eigenvalue weighted by atomic mass is 32.1. The van der Waals surface area contributed by atoms with E-state index in [4.69, 9.17) is 21.7 Å². The van der Waals surface area contributed by atoms with E-state index in [0.29, 0.717) is 19.4 Å². The smallest absolute Gasteiger partial charge is 0.407 e. The fourth-order valence-electron chi connectivity index (χ4n) is 4.17. The van der Waals surface area contributed by atoms with Crippen molar-refractivity contribution in [3.8, 4) is 0 Å². The van der Waals surface area contributed by atoms with Gasteiger partial charge in [-0.1, -0.05) is 6.92 Å². The summed E-state index contributed by atoms with van der Waals surface area (Å²) < 4.78 is 12.9. The topological polar surface area (TPSA) is 132 Å². The number of hydrogen-bond donors (Lipinski definition) is 3. The molecule has 0 saturated heterocycles. The van der Waals surface area contributed by atoms with Crippen LogP contribution in [0.25, 0.3) is 0 Å². The van der Waals surface area contributed by atoms with Gasteiger partial charge in [-0.25, -0.2) is 9.78 Å². The molecule has 1 aliphatic rings. The average Bonchev–Trinajstić information content (AvgIpc) is 3.33. The van der Waals surface area contributed by atoms with Gasteiger partial charge in [0.05, 0.1) is 0 Å². The van der Waals surface area contributed by atoms with Crippen LogP contribution in [0.5, 0.6) is 0 Å². The summed E-state index contributed by atoms with van der Waals surface area (Å²) in [4.78, 5) is 40.1. The SMILES string of the molecule is CC(=O)NCCC(C)CCC1(C(=O)O)CC(NC(=O)OC(C)(C)C)CC1OC(=S)n1ccnc1. The van der Waals surface area contributed by atoms with Crippen LogP contribution in [0.4, 0.5) is 4.79 Å². The molecule has 1 aromatic heterocycles. The van der Waals surface area contributed by atoms with E-state index in [-0.39, 0.29) is 29.8 Å². The van der Waals surface area contributed by atoms with Crippen molar-refractivity contribution in [1.82, 2.24) is 20.2 Å². The Morgan fingerprint density at radius 3 is 2.59 bits per heavy atom. The largest absolute Gasteiger partial charge is 0.481 e. The Balaban J connectivity index is 2.17. The molecule has 4 unspecified atom stereocenters. The highest BCUT2D eigenvalue weighted by Gasteiger charge is 2.55. The van der Waals surface area contributed by atoms with Crippen molar-refractivity contribution in [1.29, 1.82) is 0 Å². The van der Waals surface area contributed by atoms with E-state index in [0.717, 1.165) is 6.42 Å². The monoisotopic (exact) mass is 496 g/mol. The Morgan fingerprint density at radius 2 is 2.03 bits per heavy atom. The van der Waals surface area contributed by atoms with Gasteiger partial charge in [0.25, 0.3) is 5.17 Å². The van der Waals surface area contributed by atoms with E-state index < -0.39 is 35.2 Å². The lowest BCUT2D eigenvalue weighted by atomic mass is 9.77. The van der Waals surface area contributed by atoms with Crippen molar-refractivity contribution in [2.75, 3.05) is 6.54 Å². The number of carbonyl (C=O) groups excluding carboxylic acids is 2. The third-order valence-corrected chi connectivity index (χ3v) is 6.23. The molecule has 1 saturated carbocycles. The third-order valence-electron chi connectivity index (χ3n) is 5.92. The summed E-state index contributed by atoms with van der Waals surface area (Å²) in [6.07, 6.45) is 5.47. The number of nitrogens with one attached hydrogen (secondary N) is 2. The van der Waals surface area contributed by atoms with E-state index in [1.54, 1.807) is 33.2 Å². The van der Waals surface area contributed by atoms with Crippen molar-refractivity contribution in [3.05, 3.63) is 18.7 Å². The maximum atomic E-state index is 12.6. The Labute approximate surface area is 205 Å². The number of aromatic nitrogens is 2. The minimum atomic E-state index is -1.24. The molecule has 0 aromatic carbocycles. The molecule has 0 spiro atoms.